The van der Waals surface area contributed by atoms with Crippen LogP contribution in [0.15, 0.2) is 17.3 Å². The van der Waals surface area contributed by atoms with Gasteiger partial charge >= 0.3 is 0 Å². The lowest BCUT2D eigenvalue weighted by molar-refractivity contribution is 0.401. The molecule has 0 aromatic heterocycles. The fourth-order valence-electron chi connectivity index (χ4n) is 1.59. The zero-order valence-electron chi connectivity index (χ0n) is 6.68. The van der Waals surface area contributed by atoms with Crippen LogP contribution in [-0.4, -0.2) is 6.08 Å². The number of hydrogen-bond donors (Lipinski definition) is 0. The Labute approximate surface area is 67.0 Å². The predicted octanol–water partition coefficient (Wildman–Crippen LogP) is 2.42. The highest BCUT2D eigenvalue weighted by Crippen LogP contribution is 2.28. The highest BCUT2D eigenvalue weighted by atomic mass is 16.1. The average Bonchev–Trinajstić information content (AvgIpc) is 2.07. The molecule has 1 saturated carbocycles. The lowest BCUT2D eigenvalue weighted by atomic mass is 9.87. The minimum atomic E-state index is 0.449. The number of isocyanates is 1. The third-order valence-corrected chi connectivity index (χ3v) is 2.27. The highest BCUT2D eigenvalue weighted by Gasteiger charge is 2.15. The van der Waals surface area contributed by atoms with Gasteiger partial charge in [-0.25, -0.2) is 4.79 Å². The Bertz CT molecular complexity index is 186. The van der Waals surface area contributed by atoms with Crippen LogP contribution in [-0.2, 0) is 4.79 Å². The normalized spacial score (nSPS) is 18.9. The Kier molecular flexibility index (Phi) is 3.06. The van der Waals surface area contributed by atoms with E-state index in [9.17, 15) is 4.79 Å². The largest absolute Gasteiger partial charge is 0.240 e. The van der Waals surface area contributed by atoms with E-state index in [1.54, 1.807) is 6.08 Å². The summed E-state index contributed by atoms with van der Waals surface area (Å²) in [5, 5.41) is 0. The van der Waals surface area contributed by atoms with Crippen molar-refractivity contribution in [3.05, 3.63) is 12.3 Å². The molecule has 0 aromatic rings. The van der Waals surface area contributed by atoms with Crippen LogP contribution in [0.25, 0.3) is 0 Å². The Morgan fingerprint density at radius 2 is 2.00 bits per heavy atom. The van der Waals surface area contributed by atoms with Gasteiger partial charge < -0.3 is 0 Å². The molecule has 0 atom stereocenters. The van der Waals surface area contributed by atoms with E-state index in [0.29, 0.717) is 5.92 Å². The molecule has 1 rings (SSSR count). The molecule has 0 spiro atoms. The van der Waals surface area contributed by atoms with E-state index in [1.165, 1.54) is 19.3 Å². The van der Waals surface area contributed by atoms with Crippen LogP contribution in [0.1, 0.15) is 32.1 Å². The van der Waals surface area contributed by atoms with Gasteiger partial charge in [-0.05, 0) is 12.8 Å². The Balaban J connectivity index is 2.44. The lowest BCUT2D eigenvalue weighted by Crippen LogP contribution is -2.06. The summed E-state index contributed by atoms with van der Waals surface area (Å²) in [5.74, 6) is 0.449. The second-order valence-corrected chi connectivity index (χ2v) is 3.03. The van der Waals surface area contributed by atoms with Crippen molar-refractivity contribution >= 4 is 6.08 Å². The van der Waals surface area contributed by atoms with Gasteiger partial charge in [0.15, 0.2) is 0 Å². The molecule has 0 aliphatic heterocycles. The molecule has 0 aromatic carbocycles. The molecule has 0 unspecified atom stereocenters. The predicted molar refractivity (Wildman–Crippen MR) is 43.8 cm³/mol. The molecule has 0 radical (unpaired) electrons. The lowest BCUT2D eigenvalue weighted by Gasteiger charge is -2.20. The SMILES string of the molecule is C=C(N=C=O)C1CCCCC1. The number of hydrogen-bond acceptors (Lipinski definition) is 2. The summed E-state index contributed by atoms with van der Waals surface area (Å²) >= 11 is 0. The molecule has 0 N–H and O–H groups in total. The minimum Gasteiger partial charge on any atom is -0.211 e. The summed E-state index contributed by atoms with van der Waals surface area (Å²) in [6.45, 7) is 3.74. The van der Waals surface area contributed by atoms with Crippen LogP contribution in [0.3, 0.4) is 0 Å². The van der Waals surface area contributed by atoms with Crippen molar-refractivity contribution in [2.24, 2.45) is 10.9 Å². The summed E-state index contributed by atoms with van der Waals surface area (Å²) < 4.78 is 0. The first-order valence-corrected chi connectivity index (χ1v) is 4.11. The van der Waals surface area contributed by atoms with Gasteiger partial charge in [-0.3, -0.25) is 0 Å². The van der Waals surface area contributed by atoms with Crippen LogP contribution in [0.4, 0.5) is 0 Å². The molecule has 2 nitrogen and oxygen atoms in total. The molecule has 1 aliphatic rings. The molecule has 1 fully saturated rings. The summed E-state index contributed by atoms with van der Waals surface area (Å²) in [7, 11) is 0. The Hall–Kier alpha value is -0.880. The molecular weight excluding hydrogens is 138 g/mol. The molecule has 60 valence electrons. The maximum absolute atomic E-state index is 9.91. The second-order valence-electron chi connectivity index (χ2n) is 3.03. The maximum atomic E-state index is 9.91. The highest BCUT2D eigenvalue weighted by molar-refractivity contribution is 5.36. The molecule has 0 bridgehead atoms. The van der Waals surface area contributed by atoms with Crippen molar-refractivity contribution in [1.82, 2.24) is 0 Å². The molecule has 2 heteroatoms. The summed E-state index contributed by atoms with van der Waals surface area (Å²) in [6.07, 6.45) is 7.64. The van der Waals surface area contributed by atoms with Crippen LogP contribution < -0.4 is 0 Å². The van der Waals surface area contributed by atoms with Gasteiger partial charge in [-0.2, -0.15) is 4.99 Å². The molecule has 0 amide bonds. The van der Waals surface area contributed by atoms with Crippen LogP contribution in [0.5, 0.6) is 0 Å². The molecule has 0 heterocycles. The van der Waals surface area contributed by atoms with Crippen LogP contribution in [0, 0.1) is 5.92 Å². The van der Waals surface area contributed by atoms with Crippen molar-refractivity contribution in [3.8, 4) is 0 Å². The van der Waals surface area contributed by atoms with Gasteiger partial charge in [0.2, 0.25) is 6.08 Å². The van der Waals surface area contributed by atoms with E-state index in [-0.39, 0.29) is 0 Å². The van der Waals surface area contributed by atoms with Crippen molar-refractivity contribution in [3.63, 3.8) is 0 Å². The standard InChI is InChI=1S/C9H13NO/c1-8(10-7-11)9-5-3-2-4-6-9/h9H,1-6H2. The average molecular weight is 151 g/mol. The number of carbonyl (C=O) groups excluding carboxylic acids is 1. The number of aliphatic imine (C=N–C) groups is 1. The first-order chi connectivity index (χ1) is 5.34. The van der Waals surface area contributed by atoms with Crippen molar-refractivity contribution in [2.75, 3.05) is 0 Å². The first-order valence-electron chi connectivity index (χ1n) is 4.11. The van der Waals surface area contributed by atoms with E-state index in [4.69, 9.17) is 0 Å². The zero-order chi connectivity index (χ0) is 8.10. The summed E-state index contributed by atoms with van der Waals surface area (Å²) in [5.41, 5.74) is 0.722. The van der Waals surface area contributed by atoms with Crippen LogP contribution >= 0.6 is 0 Å². The molecule has 11 heavy (non-hydrogen) atoms. The van der Waals surface area contributed by atoms with Gasteiger partial charge in [-0.1, -0.05) is 25.8 Å². The quantitative estimate of drug-likeness (QED) is 0.440. The van der Waals surface area contributed by atoms with E-state index >= 15 is 0 Å². The monoisotopic (exact) mass is 151 g/mol. The van der Waals surface area contributed by atoms with E-state index in [1.807, 2.05) is 0 Å². The molecule has 1 aliphatic carbocycles. The van der Waals surface area contributed by atoms with Gasteiger partial charge in [0.05, 0.1) is 0 Å². The van der Waals surface area contributed by atoms with Gasteiger partial charge in [0, 0.05) is 11.6 Å². The van der Waals surface area contributed by atoms with Crippen LogP contribution in [0.2, 0.25) is 0 Å². The molecule has 0 saturated heterocycles. The maximum Gasteiger partial charge on any atom is 0.240 e. The number of rotatable bonds is 2. The second kappa shape index (κ2) is 4.09. The van der Waals surface area contributed by atoms with E-state index in [2.05, 4.69) is 11.6 Å². The zero-order valence-corrected chi connectivity index (χ0v) is 6.68. The van der Waals surface area contributed by atoms with Crippen molar-refractivity contribution in [1.29, 1.82) is 0 Å². The Morgan fingerprint density at radius 3 is 2.55 bits per heavy atom. The third kappa shape index (κ3) is 2.32. The van der Waals surface area contributed by atoms with Gasteiger partial charge in [-0.15, -0.1) is 0 Å². The van der Waals surface area contributed by atoms with Crippen molar-refractivity contribution in [2.45, 2.75) is 32.1 Å². The fraction of sp³-hybridized carbons (Fsp3) is 0.667. The topological polar surface area (TPSA) is 29.4 Å². The minimum absolute atomic E-state index is 0.449. The number of allylic oxidation sites excluding steroid dienone is 1. The Morgan fingerprint density at radius 1 is 1.36 bits per heavy atom. The molecular formula is C9H13NO. The fourth-order valence-corrected chi connectivity index (χ4v) is 1.59. The van der Waals surface area contributed by atoms with E-state index < -0.39 is 0 Å². The van der Waals surface area contributed by atoms with Gasteiger partial charge in [0.25, 0.3) is 0 Å². The summed E-state index contributed by atoms with van der Waals surface area (Å²) in [4.78, 5) is 13.5. The van der Waals surface area contributed by atoms with Crippen molar-refractivity contribution < 1.29 is 4.79 Å². The third-order valence-electron chi connectivity index (χ3n) is 2.27. The number of nitrogens with zero attached hydrogens (tertiary/aromatic N) is 1. The first kappa shape index (κ1) is 8.22. The van der Waals surface area contributed by atoms with Gasteiger partial charge in [0.1, 0.15) is 0 Å². The smallest absolute Gasteiger partial charge is 0.211 e. The summed E-state index contributed by atoms with van der Waals surface area (Å²) in [6, 6.07) is 0. The van der Waals surface area contributed by atoms with E-state index in [0.717, 1.165) is 18.5 Å².